The van der Waals surface area contributed by atoms with Gasteiger partial charge < -0.3 is 24.4 Å². The Labute approximate surface area is 207 Å². The van der Waals surface area contributed by atoms with Crippen LogP contribution in [-0.2, 0) is 16.0 Å². The molecule has 0 spiro atoms. The van der Waals surface area contributed by atoms with Crippen molar-refractivity contribution in [3.63, 3.8) is 0 Å². The minimum atomic E-state index is -0.277. The fraction of sp³-hybridized carbons (Fsp3) is 0.458. The van der Waals surface area contributed by atoms with Gasteiger partial charge in [-0.15, -0.1) is 24.0 Å². The Balaban J connectivity index is 0.00000363. The molecular formula is C24H33FIN3O3. The Bertz CT molecular complexity index is 810. The van der Waals surface area contributed by atoms with Crippen LogP contribution in [0.1, 0.15) is 24.8 Å². The van der Waals surface area contributed by atoms with Crippen molar-refractivity contribution < 1.29 is 18.6 Å². The second-order valence-corrected chi connectivity index (χ2v) is 7.50. The lowest BCUT2D eigenvalue weighted by atomic mass is 10.1. The number of benzene rings is 2. The second-order valence-electron chi connectivity index (χ2n) is 7.50. The van der Waals surface area contributed by atoms with E-state index >= 15 is 0 Å². The molecule has 1 N–H and O–H groups in total. The molecule has 3 rings (SSSR count). The van der Waals surface area contributed by atoms with E-state index in [0.717, 1.165) is 57.1 Å². The number of ether oxygens (including phenoxy) is 3. The summed E-state index contributed by atoms with van der Waals surface area (Å²) in [5, 5.41) is 3.44. The van der Waals surface area contributed by atoms with Crippen LogP contribution in [0.3, 0.4) is 0 Å². The largest absolute Gasteiger partial charge is 0.457 e. The minimum Gasteiger partial charge on any atom is -0.457 e. The topological polar surface area (TPSA) is 55.3 Å². The van der Waals surface area contributed by atoms with Crippen LogP contribution in [0.15, 0.2) is 53.5 Å². The highest BCUT2D eigenvalue weighted by atomic mass is 127. The lowest BCUT2D eigenvalue weighted by Gasteiger charge is -2.34. The summed E-state index contributed by atoms with van der Waals surface area (Å²) in [6.07, 6.45) is 3.26. The van der Waals surface area contributed by atoms with Crippen molar-refractivity contribution in [2.45, 2.75) is 31.9 Å². The van der Waals surface area contributed by atoms with Gasteiger partial charge in [0.25, 0.3) is 0 Å². The Morgan fingerprint density at radius 3 is 2.25 bits per heavy atom. The maximum Gasteiger partial charge on any atom is 0.193 e. The third kappa shape index (κ3) is 8.55. The first-order chi connectivity index (χ1) is 15.2. The fourth-order valence-corrected chi connectivity index (χ4v) is 3.51. The highest BCUT2D eigenvalue weighted by Gasteiger charge is 2.21. The molecule has 0 atom stereocenters. The van der Waals surface area contributed by atoms with E-state index in [9.17, 15) is 4.39 Å². The van der Waals surface area contributed by atoms with Crippen LogP contribution in [0.2, 0.25) is 0 Å². The SMILES string of the molecule is CN=C(NCc1ccc(Oc2ccc(F)cc2)cc1)N1CCC(OCCCOC)CC1.I. The molecule has 1 aliphatic heterocycles. The highest BCUT2D eigenvalue weighted by Crippen LogP contribution is 2.22. The summed E-state index contributed by atoms with van der Waals surface area (Å²) in [6, 6.07) is 13.8. The van der Waals surface area contributed by atoms with E-state index in [4.69, 9.17) is 14.2 Å². The van der Waals surface area contributed by atoms with Crippen molar-refractivity contribution in [3.05, 3.63) is 59.9 Å². The van der Waals surface area contributed by atoms with Crippen molar-refractivity contribution in [1.29, 1.82) is 0 Å². The summed E-state index contributed by atoms with van der Waals surface area (Å²) in [5.74, 6) is 1.96. The number of nitrogens with one attached hydrogen (secondary N) is 1. The van der Waals surface area contributed by atoms with Crippen LogP contribution in [0.5, 0.6) is 11.5 Å². The van der Waals surface area contributed by atoms with Gasteiger partial charge in [0, 0.05) is 47.0 Å². The molecule has 1 heterocycles. The van der Waals surface area contributed by atoms with Gasteiger partial charge in [-0.25, -0.2) is 4.39 Å². The first kappa shape index (κ1) is 26.3. The van der Waals surface area contributed by atoms with E-state index in [1.54, 1.807) is 19.2 Å². The molecule has 1 fully saturated rings. The average molecular weight is 557 g/mol. The standard InChI is InChI=1S/C24H32FN3O3.HI/c1-26-24(28-14-12-21(13-15-28)30-17-3-16-29-2)27-18-19-4-8-22(9-5-19)31-23-10-6-20(25)7-11-23;/h4-11,21H,3,12-18H2,1-2H3,(H,26,27);1H. The Hall–Kier alpha value is -1.91. The van der Waals surface area contributed by atoms with Crippen molar-refractivity contribution in [1.82, 2.24) is 10.2 Å². The number of piperidine rings is 1. The van der Waals surface area contributed by atoms with Gasteiger partial charge in [0.2, 0.25) is 0 Å². The third-order valence-corrected chi connectivity index (χ3v) is 5.22. The summed E-state index contributed by atoms with van der Waals surface area (Å²) in [5.41, 5.74) is 1.13. The first-order valence-corrected chi connectivity index (χ1v) is 10.8. The number of nitrogens with zero attached hydrogens (tertiary/aromatic N) is 2. The van der Waals surface area contributed by atoms with Gasteiger partial charge in [-0.2, -0.15) is 0 Å². The summed E-state index contributed by atoms with van der Waals surface area (Å²) < 4.78 is 29.7. The van der Waals surface area contributed by atoms with E-state index in [0.29, 0.717) is 24.1 Å². The number of aliphatic imine (C=N–C) groups is 1. The van der Waals surface area contributed by atoms with E-state index in [-0.39, 0.29) is 29.8 Å². The Kier molecular flexibility index (Phi) is 11.8. The minimum absolute atomic E-state index is 0. The molecule has 0 aliphatic carbocycles. The van der Waals surface area contributed by atoms with Gasteiger partial charge in [0.05, 0.1) is 6.10 Å². The molecule has 0 aromatic heterocycles. The molecule has 32 heavy (non-hydrogen) atoms. The number of hydrogen-bond donors (Lipinski definition) is 1. The summed E-state index contributed by atoms with van der Waals surface area (Å²) in [7, 11) is 3.53. The summed E-state index contributed by atoms with van der Waals surface area (Å²) in [6.45, 7) is 4.04. The van der Waals surface area contributed by atoms with Gasteiger partial charge in [-0.05, 0) is 61.2 Å². The van der Waals surface area contributed by atoms with Crippen LogP contribution in [0.25, 0.3) is 0 Å². The zero-order valence-corrected chi connectivity index (χ0v) is 21.1. The number of halogens is 2. The number of guanidine groups is 1. The van der Waals surface area contributed by atoms with Crippen LogP contribution < -0.4 is 10.1 Å². The number of likely N-dealkylation sites (tertiary alicyclic amines) is 1. The van der Waals surface area contributed by atoms with E-state index in [1.165, 1.54) is 12.1 Å². The van der Waals surface area contributed by atoms with E-state index in [2.05, 4.69) is 15.2 Å². The highest BCUT2D eigenvalue weighted by molar-refractivity contribution is 14.0. The zero-order chi connectivity index (χ0) is 21.9. The molecule has 2 aromatic carbocycles. The summed E-state index contributed by atoms with van der Waals surface area (Å²) in [4.78, 5) is 6.72. The molecule has 2 aromatic rings. The van der Waals surface area contributed by atoms with Crippen LogP contribution in [0.4, 0.5) is 4.39 Å². The smallest absolute Gasteiger partial charge is 0.193 e. The lowest BCUT2D eigenvalue weighted by molar-refractivity contribution is 0.00989. The van der Waals surface area contributed by atoms with Gasteiger partial charge >= 0.3 is 0 Å². The number of methoxy groups -OCH3 is 1. The monoisotopic (exact) mass is 557 g/mol. The van der Waals surface area contributed by atoms with E-state index in [1.807, 2.05) is 31.3 Å². The molecule has 1 aliphatic rings. The Morgan fingerprint density at radius 2 is 1.66 bits per heavy atom. The average Bonchev–Trinajstić information content (AvgIpc) is 2.80. The number of rotatable bonds is 9. The molecule has 176 valence electrons. The molecule has 0 amide bonds. The van der Waals surface area contributed by atoms with Crippen molar-refractivity contribution in [2.75, 3.05) is 40.5 Å². The van der Waals surface area contributed by atoms with Crippen LogP contribution >= 0.6 is 24.0 Å². The molecule has 8 heteroatoms. The molecule has 0 bridgehead atoms. The van der Waals surface area contributed by atoms with Gasteiger partial charge in [-0.1, -0.05) is 12.1 Å². The third-order valence-electron chi connectivity index (χ3n) is 5.22. The number of hydrogen-bond acceptors (Lipinski definition) is 4. The fourth-order valence-electron chi connectivity index (χ4n) is 3.51. The van der Waals surface area contributed by atoms with Gasteiger partial charge in [0.15, 0.2) is 5.96 Å². The molecule has 0 unspecified atom stereocenters. The van der Waals surface area contributed by atoms with Crippen molar-refractivity contribution in [3.8, 4) is 11.5 Å². The maximum absolute atomic E-state index is 13.0. The van der Waals surface area contributed by atoms with Crippen LogP contribution in [0, 0.1) is 5.82 Å². The zero-order valence-electron chi connectivity index (χ0n) is 18.8. The summed E-state index contributed by atoms with van der Waals surface area (Å²) >= 11 is 0. The molecule has 1 saturated heterocycles. The molecule has 6 nitrogen and oxygen atoms in total. The van der Waals surface area contributed by atoms with Crippen molar-refractivity contribution in [2.24, 2.45) is 4.99 Å². The second kappa shape index (κ2) is 14.3. The Morgan fingerprint density at radius 1 is 1.03 bits per heavy atom. The molecular weight excluding hydrogens is 524 g/mol. The molecule has 0 saturated carbocycles. The maximum atomic E-state index is 13.0. The van der Waals surface area contributed by atoms with Crippen LogP contribution in [-0.4, -0.2) is 57.4 Å². The first-order valence-electron chi connectivity index (χ1n) is 10.8. The van der Waals surface area contributed by atoms with Gasteiger partial charge in [-0.3, -0.25) is 4.99 Å². The molecule has 0 radical (unpaired) electrons. The van der Waals surface area contributed by atoms with Crippen molar-refractivity contribution >= 4 is 29.9 Å². The normalized spacial score (nSPS) is 14.7. The quantitative estimate of drug-likeness (QED) is 0.207. The lowest BCUT2D eigenvalue weighted by Crippen LogP contribution is -2.46. The predicted molar refractivity (Wildman–Crippen MR) is 136 cm³/mol. The van der Waals surface area contributed by atoms with E-state index < -0.39 is 0 Å². The predicted octanol–water partition coefficient (Wildman–Crippen LogP) is 4.83. The van der Waals surface area contributed by atoms with Gasteiger partial charge in [0.1, 0.15) is 17.3 Å².